The fourth-order valence-corrected chi connectivity index (χ4v) is 4.73. The molecule has 1 aliphatic heterocycles. The third-order valence-corrected chi connectivity index (χ3v) is 6.54. The monoisotopic (exact) mass is 546 g/mol. The molecule has 164 valence electrons. The number of halogens is 2. The SMILES string of the molecule is CCNC(=NCCS(=O)(=O)N1CCc2ccccc21)NCCc1ccccc1F.I. The van der Waals surface area contributed by atoms with Gasteiger partial charge in [0.1, 0.15) is 5.82 Å². The molecule has 0 saturated carbocycles. The Morgan fingerprint density at radius 2 is 1.87 bits per heavy atom. The Bertz CT molecular complexity index is 969. The van der Waals surface area contributed by atoms with Gasteiger partial charge in [-0.1, -0.05) is 36.4 Å². The summed E-state index contributed by atoms with van der Waals surface area (Å²) in [4.78, 5) is 4.37. The van der Waals surface area contributed by atoms with Crippen molar-refractivity contribution in [2.24, 2.45) is 4.99 Å². The molecule has 0 fully saturated rings. The summed E-state index contributed by atoms with van der Waals surface area (Å²) < 4.78 is 40.7. The van der Waals surface area contributed by atoms with Gasteiger partial charge in [0.2, 0.25) is 10.0 Å². The Morgan fingerprint density at radius 3 is 2.63 bits per heavy atom. The van der Waals surface area contributed by atoms with Gasteiger partial charge in [-0.05, 0) is 43.0 Å². The minimum Gasteiger partial charge on any atom is -0.357 e. The molecule has 2 aromatic carbocycles. The molecule has 6 nitrogen and oxygen atoms in total. The molecule has 2 N–H and O–H groups in total. The maximum absolute atomic E-state index is 13.7. The van der Waals surface area contributed by atoms with Crippen LogP contribution in [0.1, 0.15) is 18.1 Å². The fraction of sp³-hybridized carbons (Fsp3) is 0.381. The number of rotatable bonds is 8. The second-order valence-corrected chi connectivity index (χ2v) is 8.81. The van der Waals surface area contributed by atoms with E-state index >= 15 is 0 Å². The molecule has 1 heterocycles. The Morgan fingerprint density at radius 1 is 1.13 bits per heavy atom. The third kappa shape index (κ3) is 6.31. The molecule has 0 spiro atoms. The van der Waals surface area contributed by atoms with Gasteiger partial charge < -0.3 is 10.6 Å². The van der Waals surface area contributed by atoms with Gasteiger partial charge in [-0.15, -0.1) is 24.0 Å². The zero-order valence-corrected chi connectivity index (χ0v) is 20.1. The van der Waals surface area contributed by atoms with Crippen LogP contribution in [0.2, 0.25) is 0 Å². The van der Waals surface area contributed by atoms with Crippen LogP contribution < -0.4 is 14.9 Å². The van der Waals surface area contributed by atoms with Crippen LogP contribution in [0.15, 0.2) is 53.5 Å². The van der Waals surface area contributed by atoms with Gasteiger partial charge in [-0.3, -0.25) is 9.30 Å². The van der Waals surface area contributed by atoms with Crippen molar-refractivity contribution in [1.29, 1.82) is 0 Å². The number of aliphatic imine (C=N–C) groups is 1. The van der Waals surface area contributed by atoms with E-state index in [1.165, 1.54) is 10.4 Å². The summed E-state index contributed by atoms with van der Waals surface area (Å²) in [6.45, 7) is 3.71. The highest BCUT2D eigenvalue weighted by atomic mass is 127. The maximum Gasteiger partial charge on any atom is 0.237 e. The van der Waals surface area contributed by atoms with Gasteiger partial charge in [-0.25, -0.2) is 12.8 Å². The van der Waals surface area contributed by atoms with Crippen LogP contribution in [0.5, 0.6) is 0 Å². The minimum absolute atomic E-state index is 0. The van der Waals surface area contributed by atoms with Crippen molar-refractivity contribution in [3.63, 3.8) is 0 Å². The number of sulfonamides is 1. The molecular weight excluding hydrogens is 518 g/mol. The normalized spacial score (nSPS) is 13.5. The van der Waals surface area contributed by atoms with Crippen LogP contribution in [0.3, 0.4) is 0 Å². The number of anilines is 1. The zero-order chi connectivity index (χ0) is 20.7. The first-order valence-electron chi connectivity index (χ1n) is 9.85. The lowest BCUT2D eigenvalue weighted by molar-refractivity contribution is 0.592. The summed E-state index contributed by atoms with van der Waals surface area (Å²) in [5, 5.41) is 6.22. The lowest BCUT2D eigenvalue weighted by Crippen LogP contribution is -2.39. The van der Waals surface area contributed by atoms with E-state index in [2.05, 4.69) is 15.6 Å². The summed E-state index contributed by atoms with van der Waals surface area (Å²) in [6, 6.07) is 14.2. The quantitative estimate of drug-likeness (QED) is 0.304. The summed E-state index contributed by atoms with van der Waals surface area (Å²) in [5.74, 6) is 0.236. The smallest absolute Gasteiger partial charge is 0.237 e. The van der Waals surface area contributed by atoms with E-state index in [-0.39, 0.29) is 42.1 Å². The number of hydrogen-bond acceptors (Lipinski definition) is 3. The first kappa shape index (κ1) is 24.4. The van der Waals surface area contributed by atoms with Gasteiger partial charge in [0.05, 0.1) is 18.0 Å². The molecule has 0 unspecified atom stereocenters. The second kappa shape index (κ2) is 11.5. The highest BCUT2D eigenvalue weighted by Gasteiger charge is 2.28. The van der Waals surface area contributed by atoms with Crippen LogP contribution >= 0.6 is 24.0 Å². The summed E-state index contributed by atoms with van der Waals surface area (Å²) in [5.41, 5.74) is 2.46. The van der Waals surface area contributed by atoms with Crippen LogP contribution in [-0.4, -0.2) is 46.3 Å². The number of hydrogen-bond donors (Lipinski definition) is 2. The predicted molar refractivity (Wildman–Crippen MR) is 131 cm³/mol. The van der Waals surface area contributed by atoms with Crippen molar-refractivity contribution in [3.8, 4) is 0 Å². The van der Waals surface area contributed by atoms with Gasteiger partial charge in [-0.2, -0.15) is 0 Å². The lowest BCUT2D eigenvalue weighted by Gasteiger charge is -2.19. The molecule has 0 saturated heterocycles. The number of benzene rings is 2. The fourth-order valence-electron chi connectivity index (χ4n) is 3.34. The van der Waals surface area contributed by atoms with E-state index in [9.17, 15) is 12.8 Å². The Labute approximate surface area is 195 Å². The molecule has 3 rings (SSSR count). The topological polar surface area (TPSA) is 73.8 Å². The largest absolute Gasteiger partial charge is 0.357 e. The first-order valence-corrected chi connectivity index (χ1v) is 11.5. The Hall–Kier alpha value is -1.88. The molecule has 0 aliphatic carbocycles. The lowest BCUT2D eigenvalue weighted by atomic mass is 10.1. The molecule has 0 amide bonds. The van der Waals surface area contributed by atoms with Crippen LogP contribution in [0.4, 0.5) is 10.1 Å². The van der Waals surface area contributed by atoms with Crippen molar-refractivity contribution in [3.05, 3.63) is 65.5 Å². The summed E-state index contributed by atoms with van der Waals surface area (Å²) in [7, 11) is -3.43. The average Bonchev–Trinajstić information content (AvgIpc) is 3.14. The molecule has 0 atom stereocenters. The highest BCUT2D eigenvalue weighted by molar-refractivity contribution is 14.0. The standard InChI is InChI=1S/C21H27FN4O2S.HI/c1-2-23-21(24-13-11-17-7-3-5-9-19(17)22)25-14-16-29(27,28)26-15-12-18-8-4-6-10-20(18)26;/h3-10H,2,11-16H2,1H3,(H2,23,24,25);1H. The molecule has 0 radical (unpaired) electrons. The van der Waals surface area contributed by atoms with Crippen molar-refractivity contribution < 1.29 is 12.8 Å². The van der Waals surface area contributed by atoms with E-state index in [1.807, 2.05) is 31.2 Å². The molecule has 1 aliphatic rings. The second-order valence-electron chi connectivity index (χ2n) is 6.80. The first-order chi connectivity index (χ1) is 14.0. The van der Waals surface area contributed by atoms with Gasteiger partial charge in [0.15, 0.2) is 5.96 Å². The molecule has 9 heteroatoms. The Balaban J connectivity index is 0.00000320. The summed E-state index contributed by atoms with van der Waals surface area (Å²) >= 11 is 0. The number of para-hydroxylation sites is 1. The minimum atomic E-state index is -3.43. The van der Waals surface area contributed by atoms with E-state index in [0.717, 1.165) is 17.7 Å². The van der Waals surface area contributed by atoms with Crippen LogP contribution in [-0.2, 0) is 22.9 Å². The van der Waals surface area contributed by atoms with E-state index in [4.69, 9.17) is 0 Å². The molecule has 30 heavy (non-hydrogen) atoms. The van der Waals surface area contributed by atoms with Gasteiger partial charge >= 0.3 is 0 Å². The number of guanidine groups is 1. The van der Waals surface area contributed by atoms with E-state index in [0.29, 0.717) is 37.6 Å². The number of nitrogens with zero attached hydrogens (tertiary/aromatic N) is 2. The van der Waals surface area contributed by atoms with Gasteiger partial charge in [0.25, 0.3) is 0 Å². The van der Waals surface area contributed by atoms with Crippen LogP contribution in [0.25, 0.3) is 0 Å². The Kier molecular flexibility index (Phi) is 9.35. The van der Waals surface area contributed by atoms with Crippen molar-refractivity contribution in [1.82, 2.24) is 10.6 Å². The van der Waals surface area contributed by atoms with Crippen molar-refractivity contribution in [2.45, 2.75) is 19.8 Å². The number of nitrogens with one attached hydrogen (secondary N) is 2. The van der Waals surface area contributed by atoms with E-state index in [1.54, 1.807) is 18.2 Å². The summed E-state index contributed by atoms with van der Waals surface area (Å²) in [6.07, 6.45) is 1.25. The number of fused-ring (bicyclic) bond motifs is 1. The third-order valence-electron chi connectivity index (χ3n) is 4.79. The maximum atomic E-state index is 13.7. The van der Waals surface area contributed by atoms with Crippen molar-refractivity contribution in [2.75, 3.05) is 36.2 Å². The highest BCUT2D eigenvalue weighted by Crippen LogP contribution is 2.29. The molecule has 0 aromatic heterocycles. The molecular formula is C21H28FIN4O2S. The zero-order valence-electron chi connectivity index (χ0n) is 17.0. The van der Waals surface area contributed by atoms with Crippen molar-refractivity contribution >= 4 is 45.6 Å². The molecule has 0 bridgehead atoms. The van der Waals surface area contributed by atoms with E-state index < -0.39 is 10.0 Å². The predicted octanol–water partition coefficient (Wildman–Crippen LogP) is 2.93. The average molecular weight is 546 g/mol. The van der Waals surface area contributed by atoms with Crippen LogP contribution in [0, 0.1) is 5.82 Å². The van der Waals surface area contributed by atoms with Gasteiger partial charge in [0, 0.05) is 19.6 Å². The molecule has 2 aromatic rings.